The highest BCUT2D eigenvalue weighted by atomic mass is 32.2. The van der Waals surface area contributed by atoms with Gasteiger partial charge in [-0.25, -0.2) is 4.79 Å². The molecule has 1 saturated carbocycles. The monoisotopic (exact) mass is 371 g/mol. The Labute approximate surface area is 154 Å². The van der Waals surface area contributed by atoms with Crippen LogP contribution in [0.1, 0.15) is 34.8 Å². The fraction of sp³-hybridized carbons (Fsp3) is 0.278. The number of hydrogen-bond donors (Lipinski definition) is 0. The maximum absolute atomic E-state index is 11.7. The van der Waals surface area contributed by atoms with Gasteiger partial charge in [0.2, 0.25) is 0 Å². The zero-order valence-electron chi connectivity index (χ0n) is 13.7. The molecule has 1 aromatic carbocycles. The lowest BCUT2D eigenvalue weighted by Gasteiger charge is -2.08. The third kappa shape index (κ3) is 3.48. The lowest BCUT2D eigenvalue weighted by Crippen LogP contribution is -2.02. The summed E-state index contributed by atoms with van der Waals surface area (Å²) in [6.07, 6.45) is 2.36. The molecule has 128 valence electrons. The number of methoxy groups -OCH3 is 1. The Kier molecular flexibility index (Phi) is 4.59. The van der Waals surface area contributed by atoms with Gasteiger partial charge in [0.25, 0.3) is 0 Å². The van der Waals surface area contributed by atoms with E-state index in [1.165, 1.54) is 20.0 Å². The lowest BCUT2D eigenvalue weighted by molar-refractivity contribution is 0.0600. The van der Waals surface area contributed by atoms with Crippen molar-refractivity contribution in [3.8, 4) is 10.7 Å². The molecule has 2 heterocycles. The average molecular weight is 371 g/mol. The molecule has 7 heteroatoms. The summed E-state index contributed by atoms with van der Waals surface area (Å²) in [5.41, 5.74) is 1.64. The number of nitrogens with zero attached hydrogens (tertiary/aromatic N) is 3. The van der Waals surface area contributed by atoms with Gasteiger partial charge >= 0.3 is 5.97 Å². The quantitative estimate of drug-likeness (QED) is 0.474. The summed E-state index contributed by atoms with van der Waals surface area (Å²) >= 11 is 3.34. The SMILES string of the molecule is COC(=O)c1cccc(CSc2nnc(-c3cccs3)n2C2CC2)c1. The molecule has 0 aliphatic heterocycles. The second kappa shape index (κ2) is 7.01. The van der Waals surface area contributed by atoms with Gasteiger partial charge in [-0.1, -0.05) is 30.0 Å². The van der Waals surface area contributed by atoms with Crippen molar-refractivity contribution >= 4 is 29.1 Å². The van der Waals surface area contributed by atoms with Crippen molar-refractivity contribution in [2.75, 3.05) is 7.11 Å². The Morgan fingerprint density at radius 3 is 2.92 bits per heavy atom. The highest BCUT2D eigenvalue weighted by Crippen LogP contribution is 2.42. The minimum Gasteiger partial charge on any atom is -0.465 e. The molecule has 5 nitrogen and oxygen atoms in total. The van der Waals surface area contributed by atoms with Crippen LogP contribution >= 0.6 is 23.1 Å². The summed E-state index contributed by atoms with van der Waals surface area (Å²) in [4.78, 5) is 12.8. The molecule has 0 atom stereocenters. The molecule has 0 N–H and O–H groups in total. The Balaban J connectivity index is 1.55. The summed E-state index contributed by atoms with van der Waals surface area (Å²) in [5.74, 6) is 1.39. The third-order valence-corrected chi connectivity index (χ3v) is 5.91. The molecular formula is C18H17N3O2S2. The fourth-order valence-corrected chi connectivity index (χ4v) is 4.32. The van der Waals surface area contributed by atoms with Crippen molar-refractivity contribution in [2.24, 2.45) is 0 Å². The van der Waals surface area contributed by atoms with Crippen LogP contribution < -0.4 is 0 Å². The van der Waals surface area contributed by atoms with Gasteiger partial charge in [-0.3, -0.25) is 4.57 Å². The van der Waals surface area contributed by atoms with E-state index in [0.29, 0.717) is 11.6 Å². The van der Waals surface area contributed by atoms with Gasteiger partial charge in [-0.05, 0) is 42.0 Å². The molecule has 0 spiro atoms. The molecule has 25 heavy (non-hydrogen) atoms. The average Bonchev–Trinajstić information content (AvgIpc) is 3.17. The van der Waals surface area contributed by atoms with E-state index in [1.807, 2.05) is 24.3 Å². The maximum Gasteiger partial charge on any atom is 0.337 e. The second-order valence-electron chi connectivity index (χ2n) is 5.87. The lowest BCUT2D eigenvalue weighted by atomic mass is 10.1. The highest BCUT2D eigenvalue weighted by molar-refractivity contribution is 7.98. The zero-order valence-corrected chi connectivity index (χ0v) is 15.3. The predicted molar refractivity (Wildman–Crippen MR) is 98.9 cm³/mol. The van der Waals surface area contributed by atoms with Gasteiger partial charge < -0.3 is 4.74 Å². The van der Waals surface area contributed by atoms with E-state index >= 15 is 0 Å². The van der Waals surface area contributed by atoms with Crippen LogP contribution in [0.4, 0.5) is 0 Å². The summed E-state index contributed by atoms with van der Waals surface area (Å²) in [7, 11) is 1.40. The smallest absolute Gasteiger partial charge is 0.337 e. The van der Waals surface area contributed by atoms with Crippen LogP contribution in [0.15, 0.2) is 46.9 Å². The first-order valence-corrected chi connectivity index (χ1v) is 9.91. The molecule has 4 rings (SSSR count). The van der Waals surface area contributed by atoms with Crippen molar-refractivity contribution in [3.05, 3.63) is 52.9 Å². The molecule has 0 radical (unpaired) electrons. The first-order chi connectivity index (χ1) is 12.3. The molecule has 0 unspecified atom stereocenters. The van der Waals surface area contributed by atoms with Crippen molar-refractivity contribution < 1.29 is 9.53 Å². The van der Waals surface area contributed by atoms with E-state index in [9.17, 15) is 4.79 Å². The molecule has 1 fully saturated rings. The van der Waals surface area contributed by atoms with Crippen LogP contribution in [-0.2, 0) is 10.5 Å². The number of ether oxygens (including phenoxy) is 1. The molecule has 0 amide bonds. The maximum atomic E-state index is 11.7. The Morgan fingerprint density at radius 2 is 2.20 bits per heavy atom. The van der Waals surface area contributed by atoms with E-state index in [1.54, 1.807) is 29.2 Å². The number of hydrogen-bond acceptors (Lipinski definition) is 6. The largest absolute Gasteiger partial charge is 0.465 e. The molecular weight excluding hydrogens is 354 g/mol. The number of rotatable bonds is 6. The topological polar surface area (TPSA) is 57.0 Å². The van der Waals surface area contributed by atoms with E-state index in [4.69, 9.17) is 4.74 Å². The van der Waals surface area contributed by atoms with Crippen LogP contribution in [0, 0.1) is 0 Å². The van der Waals surface area contributed by atoms with Crippen molar-refractivity contribution in [1.29, 1.82) is 0 Å². The van der Waals surface area contributed by atoms with Crippen LogP contribution in [-0.4, -0.2) is 27.8 Å². The number of thiophene rings is 1. The summed E-state index contributed by atoms with van der Waals surface area (Å²) < 4.78 is 7.05. The minimum absolute atomic E-state index is 0.312. The Morgan fingerprint density at radius 1 is 1.32 bits per heavy atom. The number of esters is 1. The van der Waals surface area contributed by atoms with Gasteiger partial charge in [-0.15, -0.1) is 21.5 Å². The van der Waals surface area contributed by atoms with Crippen LogP contribution in [0.3, 0.4) is 0 Å². The van der Waals surface area contributed by atoms with E-state index < -0.39 is 0 Å². The fourth-order valence-electron chi connectivity index (χ4n) is 2.66. The van der Waals surface area contributed by atoms with Crippen molar-refractivity contribution in [3.63, 3.8) is 0 Å². The molecule has 0 saturated heterocycles. The van der Waals surface area contributed by atoms with Crippen LogP contribution in [0.5, 0.6) is 0 Å². The second-order valence-corrected chi connectivity index (χ2v) is 7.76. The number of carbonyl (C=O) groups excluding carboxylic acids is 1. The number of thioether (sulfide) groups is 1. The summed E-state index contributed by atoms with van der Waals surface area (Å²) in [6.45, 7) is 0. The zero-order chi connectivity index (χ0) is 17.2. The summed E-state index contributed by atoms with van der Waals surface area (Å²) in [5, 5.41) is 11.8. The number of benzene rings is 1. The van der Waals surface area contributed by atoms with Crippen molar-refractivity contribution in [1.82, 2.24) is 14.8 Å². The predicted octanol–water partition coefficient (Wildman–Crippen LogP) is 4.42. The van der Waals surface area contributed by atoms with Gasteiger partial charge in [0.1, 0.15) is 0 Å². The van der Waals surface area contributed by atoms with Gasteiger partial charge in [0.15, 0.2) is 11.0 Å². The van der Waals surface area contributed by atoms with Crippen LogP contribution in [0.2, 0.25) is 0 Å². The third-order valence-electron chi connectivity index (χ3n) is 4.03. The number of carbonyl (C=O) groups is 1. The van der Waals surface area contributed by atoms with Gasteiger partial charge in [-0.2, -0.15) is 0 Å². The van der Waals surface area contributed by atoms with Crippen LogP contribution in [0.25, 0.3) is 10.7 Å². The highest BCUT2D eigenvalue weighted by Gasteiger charge is 2.30. The first kappa shape index (κ1) is 16.4. The van der Waals surface area contributed by atoms with E-state index in [0.717, 1.165) is 27.2 Å². The summed E-state index contributed by atoms with van der Waals surface area (Å²) in [6, 6.07) is 12.2. The Hall–Kier alpha value is -2.12. The molecule has 3 aromatic rings. The first-order valence-electron chi connectivity index (χ1n) is 8.05. The van der Waals surface area contributed by atoms with Crippen molar-refractivity contribution in [2.45, 2.75) is 29.8 Å². The number of aromatic nitrogens is 3. The standard InChI is InChI=1S/C18H17N3O2S2/c1-23-17(22)13-5-2-4-12(10-13)11-25-18-20-19-16(15-6-3-9-24-15)21(18)14-7-8-14/h2-6,9-10,14H,7-8,11H2,1H3. The van der Waals surface area contributed by atoms with Gasteiger partial charge in [0.05, 0.1) is 17.6 Å². The normalized spacial score (nSPS) is 13.8. The Bertz CT molecular complexity index is 886. The molecule has 1 aliphatic rings. The molecule has 1 aliphatic carbocycles. The van der Waals surface area contributed by atoms with Gasteiger partial charge in [0, 0.05) is 11.8 Å². The van der Waals surface area contributed by atoms with E-state index in [-0.39, 0.29) is 5.97 Å². The molecule has 0 bridgehead atoms. The molecule has 2 aromatic heterocycles. The minimum atomic E-state index is -0.312. The van der Waals surface area contributed by atoms with E-state index in [2.05, 4.69) is 26.2 Å².